The summed E-state index contributed by atoms with van der Waals surface area (Å²) in [5.41, 5.74) is 0.152. The number of likely N-dealkylation sites (tertiary alicyclic amines) is 1. The van der Waals surface area contributed by atoms with E-state index < -0.39 is 0 Å². The summed E-state index contributed by atoms with van der Waals surface area (Å²) in [4.78, 5) is 33.6. The summed E-state index contributed by atoms with van der Waals surface area (Å²) >= 11 is 0. The third-order valence-corrected chi connectivity index (χ3v) is 5.57. The van der Waals surface area contributed by atoms with Gasteiger partial charge in [-0.25, -0.2) is 4.98 Å². The lowest BCUT2D eigenvalue weighted by atomic mass is 10.1. The summed E-state index contributed by atoms with van der Waals surface area (Å²) < 4.78 is 0. The van der Waals surface area contributed by atoms with E-state index in [4.69, 9.17) is 0 Å². The second kappa shape index (κ2) is 3.51. The number of fused-ring (bicyclic) bond motifs is 5. The van der Waals surface area contributed by atoms with Gasteiger partial charge in [0.25, 0.3) is 11.5 Å². The Balaban J connectivity index is 1.47. The number of aromatic nitrogens is 2. The fourth-order valence-corrected chi connectivity index (χ4v) is 4.35. The second-order valence-corrected chi connectivity index (χ2v) is 6.87. The lowest BCUT2D eigenvalue weighted by Gasteiger charge is -2.26. The normalized spacial score (nSPS) is 37.1. The molecule has 4 fully saturated rings. The van der Waals surface area contributed by atoms with E-state index in [9.17, 15) is 9.59 Å². The van der Waals surface area contributed by atoms with Crippen LogP contribution in [0.2, 0.25) is 0 Å². The van der Waals surface area contributed by atoms with E-state index >= 15 is 0 Å². The van der Waals surface area contributed by atoms with Crippen LogP contribution in [0.3, 0.4) is 0 Å². The minimum Gasteiger partial charge on any atom is -0.334 e. The number of nitrogens with zero attached hydrogens (tertiary/aromatic N) is 2. The standard InChI is InChI=1S/C15H17N3O2/c19-13-5-11(16-14(17-13)7-1-2-7)15(20)18-6-8-3-12(18)10-4-9(8)10/h5,7-10,12H,1-4,6H2,(H,16,17,19)/t8-,9-,10-,12-/m0/s1. The Labute approximate surface area is 116 Å². The quantitative estimate of drug-likeness (QED) is 0.876. The van der Waals surface area contributed by atoms with E-state index in [1.165, 1.54) is 18.9 Å². The van der Waals surface area contributed by atoms with Crippen LogP contribution >= 0.6 is 0 Å². The fraction of sp³-hybridized carbons (Fsp3) is 0.667. The Morgan fingerprint density at radius 3 is 2.85 bits per heavy atom. The summed E-state index contributed by atoms with van der Waals surface area (Å²) in [6.07, 6.45) is 4.60. The molecular formula is C15H17N3O2. The molecule has 2 heterocycles. The number of H-pyrrole nitrogens is 1. The maximum Gasteiger partial charge on any atom is 0.273 e. The molecule has 0 aromatic carbocycles. The Morgan fingerprint density at radius 2 is 2.15 bits per heavy atom. The van der Waals surface area contributed by atoms with E-state index in [2.05, 4.69) is 9.97 Å². The number of hydrogen-bond acceptors (Lipinski definition) is 3. The van der Waals surface area contributed by atoms with Crippen molar-refractivity contribution in [1.29, 1.82) is 0 Å². The lowest BCUT2D eigenvalue weighted by molar-refractivity contribution is 0.0686. The van der Waals surface area contributed by atoms with Gasteiger partial charge in [0.2, 0.25) is 0 Å². The van der Waals surface area contributed by atoms with Gasteiger partial charge in [0, 0.05) is 24.6 Å². The van der Waals surface area contributed by atoms with Gasteiger partial charge >= 0.3 is 0 Å². The van der Waals surface area contributed by atoms with E-state index in [1.54, 1.807) is 0 Å². The first-order chi connectivity index (χ1) is 9.70. The van der Waals surface area contributed by atoms with Crippen LogP contribution in [-0.2, 0) is 0 Å². The predicted molar refractivity (Wildman–Crippen MR) is 71.4 cm³/mol. The molecule has 2 bridgehead atoms. The molecule has 1 aromatic heterocycles. The average Bonchev–Trinajstić information content (AvgIpc) is 3.35. The highest BCUT2D eigenvalue weighted by Gasteiger charge is 2.61. The summed E-state index contributed by atoms with van der Waals surface area (Å²) in [5.74, 6) is 3.36. The zero-order valence-electron chi connectivity index (χ0n) is 11.2. The second-order valence-electron chi connectivity index (χ2n) is 6.87. The van der Waals surface area contributed by atoms with Crippen molar-refractivity contribution in [2.45, 2.75) is 37.6 Å². The lowest BCUT2D eigenvalue weighted by Crippen LogP contribution is -2.40. The van der Waals surface area contributed by atoms with Crippen LogP contribution in [0, 0.1) is 17.8 Å². The van der Waals surface area contributed by atoms with Crippen LogP contribution in [0.15, 0.2) is 10.9 Å². The molecule has 3 saturated carbocycles. The largest absolute Gasteiger partial charge is 0.334 e. The minimum atomic E-state index is -0.195. The van der Waals surface area contributed by atoms with E-state index in [0.29, 0.717) is 29.4 Å². The van der Waals surface area contributed by atoms with Crippen LogP contribution in [0.5, 0.6) is 0 Å². The Bertz CT molecular complexity index is 663. The molecule has 0 radical (unpaired) electrons. The first-order valence-corrected chi connectivity index (χ1v) is 7.63. The van der Waals surface area contributed by atoms with Crippen LogP contribution in [0.25, 0.3) is 0 Å². The summed E-state index contributed by atoms with van der Waals surface area (Å²) in [5, 5.41) is 0. The van der Waals surface area contributed by atoms with Gasteiger partial charge in [-0.2, -0.15) is 0 Å². The van der Waals surface area contributed by atoms with Gasteiger partial charge in [-0.1, -0.05) is 0 Å². The van der Waals surface area contributed by atoms with E-state index in [-0.39, 0.29) is 11.5 Å². The SMILES string of the molecule is O=C(c1cc(=O)[nH]c(C2CC2)n1)N1C[C@@H]2C[C@H]1[C@H]1C[C@@H]21. The predicted octanol–water partition coefficient (Wildman–Crippen LogP) is 1.13. The maximum absolute atomic E-state index is 12.7. The molecular weight excluding hydrogens is 254 g/mol. The molecule has 5 nitrogen and oxygen atoms in total. The molecule has 1 saturated heterocycles. The van der Waals surface area contributed by atoms with Crippen LogP contribution in [-0.4, -0.2) is 33.4 Å². The van der Waals surface area contributed by atoms with Crippen molar-refractivity contribution < 1.29 is 4.79 Å². The van der Waals surface area contributed by atoms with Gasteiger partial charge in [-0.05, 0) is 43.4 Å². The molecule has 0 unspecified atom stereocenters. The molecule has 104 valence electrons. The molecule has 1 amide bonds. The molecule has 1 aliphatic heterocycles. The number of rotatable bonds is 2. The monoisotopic (exact) mass is 271 g/mol. The number of piperidine rings is 1. The molecule has 0 spiro atoms. The zero-order valence-corrected chi connectivity index (χ0v) is 11.2. The van der Waals surface area contributed by atoms with Crippen molar-refractivity contribution in [3.05, 3.63) is 27.9 Å². The van der Waals surface area contributed by atoms with Crippen LogP contribution < -0.4 is 5.56 Å². The molecule has 3 aliphatic carbocycles. The maximum atomic E-state index is 12.7. The van der Waals surface area contributed by atoms with Gasteiger partial charge in [0.15, 0.2) is 0 Å². The Hall–Kier alpha value is -1.65. The fourth-order valence-electron chi connectivity index (χ4n) is 4.35. The van der Waals surface area contributed by atoms with Gasteiger partial charge < -0.3 is 9.88 Å². The summed E-state index contributed by atoms with van der Waals surface area (Å²) in [6, 6.07) is 1.79. The molecule has 5 heteroatoms. The minimum absolute atomic E-state index is 0.0316. The molecule has 4 atom stereocenters. The van der Waals surface area contributed by atoms with Crippen molar-refractivity contribution in [2.24, 2.45) is 17.8 Å². The highest BCUT2D eigenvalue weighted by Crippen LogP contribution is 2.61. The Kier molecular flexibility index (Phi) is 1.94. The van der Waals surface area contributed by atoms with Crippen molar-refractivity contribution in [3.8, 4) is 0 Å². The van der Waals surface area contributed by atoms with Crippen molar-refractivity contribution in [3.63, 3.8) is 0 Å². The number of amides is 1. The van der Waals surface area contributed by atoms with Crippen LogP contribution in [0.1, 0.15) is 47.9 Å². The van der Waals surface area contributed by atoms with Gasteiger partial charge in [0.05, 0.1) is 0 Å². The highest BCUT2D eigenvalue weighted by molar-refractivity contribution is 5.92. The molecule has 1 aromatic rings. The number of aromatic amines is 1. The zero-order chi connectivity index (χ0) is 13.4. The molecule has 5 rings (SSSR count). The van der Waals surface area contributed by atoms with Crippen molar-refractivity contribution in [2.75, 3.05) is 6.54 Å². The smallest absolute Gasteiger partial charge is 0.273 e. The summed E-state index contributed by atoms with van der Waals surface area (Å²) in [6.45, 7) is 0.873. The third kappa shape index (κ3) is 1.46. The first-order valence-electron chi connectivity index (χ1n) is 7.63. The van der Waals surface area contributed by atoms with Gasteiger partial charge in [-0.15, -0.1) is 0 Å². The molecule has 4 aliphatic rings. The third-order valence-electron chi connectivity index (χ3n) is 5.57. The number of hydrogen-bond donors (Lipinski definition) is 1. The van der Waals surface area contributed by atoms with E-state index in [0.717, 1.165) is 31.2 Å². The first kappa shape index (κ1) is 11.1. The van der Waals surface area contributed by atoms with E-state index in [1.807, 2.05) is 4.90 Å². The number of nitrogens with one attached hydrogen (secondary N) is 1. The highest BCUT2D eigenvalue weighted by atomic mass is 16.2. The van der Waals surface area contributed by atoms with Crippen LogP contribution in [0.4, 0.5) is 0 Å². The topological polar surface area (TPSA) is 66.1 Å². The average molecular weight is 271 g/mol. The van der Waals surface area contributed by atoms with Gasteiger partial charge in [-0.3, -0.25) is 9.59 Å². The summed E-state index contributed by atoms with van der Waals surface area (Å²) in [7, 11) is 0. The van der Waals surface area contributed by atoms with Gasteiger partial charge in [0.1, 0.15) is 11.5 Å². The molecule has 20 heavy (non-hydrogen) atoms. The number of carbonyl (C=O) groups excluding carboxylic acids is 1. The van der Waals surface area contributed by atoms with Crippen molar-refractivity contribution in [1.82, 2.24) is 14.9 Å². The number of carbonyl (C=O) groups is 1. The Morgan fingerprint density at radius 1 is 1.30 bits per heavy atom. The molecule has 1 N–H and O–H groups in total. The van der Waals surface area contributed by atoms with Crippen molar-refractivity contribution >= 4 is 5.91 Å².